The summed E-state index contributed by atoms with van der Waals surface area (Å²) in [6, 6.07) is 24.3. The fourth-order valence-electron chi connectivity index (χ4n) is 7.10. The van der Waals surface area contributed by atoms with E-state index < -0.39 is 0 Å². The largest absolute Gasteiger partial charge is 0.372 e. The number of rotatable bonds is 7. The van der Waals surface area contributed by atoms with E-state index >= 15 is 0 Å². The first-order valence-corrected chi connectivity index (χ1v) is 18.6. The van der Waals surface area contributed by atoms with Crippen LogP contribution in [0.25, 0.3) is 0 Å². The van der Waals surface area contributed by atoms with E-state index in [9.17, 15) is 8.78 Å². The van der Waals surface area contributed by atoms with Crippen LogP contribution in [0.1, 0.15) is 85.1 Å². The summed E-state index contributed by atoms with van der Waals surface area (Å²) in [4.78, 5) is 9.58. The zero-order chi connectivity index (χ0) is 32.7. The SMILES string of the molecule is CC(C)c1ccc2c(c1)[C@@H](OCCN1CCN([C@@H]3Cc4ccc(F)cc4Sc4ccc(C(C)C)cc43)CC1)Cc1ccc(F)cc1S2. The van der Waals surface area contributed by atoms with Crippen molar-refractivity contribution in [1.82, 2.24) is 9.80 Å². The Bertz CT molecular complexity index is 1750. The lowest BCUT2D eigenvalue weighted by molar-refractivity contribution is 0.0204. The van der Waals surface area contributed by atoms with Crippen molar-refractivity contribution in [3.63, 3.8) is 0 Å². The van der Waals surface area contributed by atoms with Crippen LogP contribution in [0.2, 0.25) is 0 Å². The number of nitrogens with zero attached hydrogens (tertiary/aromatic N) is 2. The highest BCUT2D eigenvalue weighted by molar-refractivity contribution is 7.99. The molecule has 1 saturated heterocycles. The number of fused-ring (bicyclic) bond motifs is 4. The first kappa shape index (κ1) is 32.8. The summed E-state index contributed by atoms with van der Waals surface area (Å²) >= 11 is 3.37. The predicted molar refractivity (Wildman–Crippen MR) is 189 cm³/mol. The summed E-state index contributed by atoms with van der Waals surface area (Å²) in [5.74, 6) is 0.516. The van der Waals surface area contributed by atoms with Crippen molar-refractivity contribution in [3.8, 4) is 0 Å². The molecule has 0 radical (unpaired) electrons. The highest BCUT2D eigenvalue weighted by atomic mass is 32.2. The second kappa shape index (κ2) is 14.0. The van der Waals surface area contributed by atoms with Gasteiger partial charge in [-0.25, -0.2) is 8.78 Å². The molecule has 47 heavy (non-hydrogen) atoms. The average molecular weight is 671 g/mol. The quantitative estimate of drug-likeness (QED) is 0.194. The van der Waals surface area contributed by atoms with Crippen molar-refractivity contribution in [1.29, 1.82) is 0 Å². The van der Waals surface area contributed by atoms with Crippen LogP contribution >= 0.6 is 23.5 Å². The molecule has 0 aromatic heterocycles. The molecule has 3 aliphatic heterocycles. The second-order valence-electron chi connectivity index (χ2n) is 13.8. The zero-order valence-corrected chi connectivity index (χ0v) is 29.4. The van der Waals surface area contributed by atoms with Gasteiger partial charge in [-0.15, -0.1) is 0 Å². The zero-order valence-electron chi connectivity index (χ0n) is 27.8. The summed E-state index contributed by atoms with van der Waals surface area (Å²) in [6.07, 6.45) is 1.57. The molecular formula is C40H44F2N2OS2. The molecule has 4 aromatic carbocycles. The van der Waals surface area contributed by atoms with E-state index in [-0.39, 0.29) is 23.8 Å². The number of benzene rings is 4. The molecule has 0 spiro atoms. The van der Waals surface area contributed by atoms with Crippen molar-refractivity contribution in [2.45, 2.75) is 84.1 Å². The summed E-state index contributed by atoms with van der Waals surface area (Å²) in [5.41, 5.74) is 7.62. The van der Waals surface area contributed by atoms with Gasteiger partial charge in [-0.3, -0.25) is 9.80 Å². The lowest BCUT2D eigenvalue weighted by Crippen LogP contribution is -2.48. The Kier molecular flexibility index (Phi) is 9.82. The van der Waals surface area contributed by atoms with Gasteiger partial charge in [0.2, 0.25) is 0 Å². The average Bonchev–Trinajstić information content (AvgIpc) is 3.31. The van der Waals surface area contributed by atoms with Gasteiger partial charge in [0.1, 0.15) is 11.6 Å². The molecule has 246 valence electrons. The van der Waals surface area contributed by atoms with Crippen molar-refractivity contribution >= 4 is 23.5 Å². The molecule has 1 fully saturated rings. The fraction of sp³-hybridized carbons (Fsp3) is 0.400. The summed E-state index contributed by atoms with van der Waals surface area (Å²) in [7, 11) is 0. The molecule has 0 bridgehead atoms. The third-order valence-electron chi connectivity index (χ3n) is 10.00. The number of piperazine rings is 1. The monoisotopic (exact) mass is 670 g/mol. The van der Waals surface area contributed by atoms with E-state index in [1.165, 1.54) is 32.7 Å². The highest BCUT2D eigenvalue weighted by Crippen LogP contribution is 2.45. The maximum absolute atomic E-state index is 14.3. The van der Waals surface area contributed by atoms with E-state index in [1.807, 2.05) is 12.1 Å². The maximum atomic E-state index is 14.3. The van der Waals surface area contributed by atoms with Crippen LogP contribution in [0, 0.1) is 11.6 Å². The maximum Gasteiger partial charge on any atom is 0.124 e. The molecule has 0 N–H and O–H groups in total. The molecule has 3 aliphatic rings. The van der Waals surface area contributed by atoms with E-state index in [2.05, 4.69) is 73.9 Å². The van der Waals surface area contributed by atoms with Crippen LogP contribution in [0.5, 0.6) is 0 Å². The lowest BCUT2D eigenvalue weighted by Gasteiger charge is -2.40. The standard InChI is InChI=1S/C40H44F2N2OS2/c1-25(2)27-7-11-37-33(19-27)35(21-29-5-9-31(41)23-39(29)46-37)44-15-13-43(14-16-44)17-18-45-36-22-30-6-10-32(42)24-40(30)47-38-12-8-28(26(3)4)20-34(36)38/h5-12,19-20,23-26,35-36H,13-18,21-22H2,1-4H3/t35-,36+/m1/s1. The second-order valence-corrected chi connectivity index (χ2v) is 15.9. The van der Waals surface area contributed by atoms with E-state index in [0.29, 0.717) is 18.4 Å². The number of ether oxygens (including phenoxy) is 1. The minimum atomic E-state index is -0.195. The molecule has 0 unspecified atom stereocenters. The molecule has 7 rings (SSSR count). The van der Waals surface area contributed by atoms with Gasteiger partial charge in [0.15, 0.2) is 0 Å². The van der Waals surface area contributed by atoms with Gasteiger partial charge >= 0.3 is 0 Å². The normalized spacial score (nSPS) is 19.9. The number of hydrogen-bond donors (Lipinski definition) is 0. The summed E-state index contributed by atoms with van der Waals surface area (Å²) in [5, 5.41) is 0. The molecule has 0 aliphatic carbocycles. The van der Waals surface area contributed by atoms with Crippen LogP contribution in [0.15, 0.2) is 92.4 Å². The Balaban J connectivity index is 1.04. The molecular weight excluding hydrogens is 627 g/mol. The number of halogens is 2. The Morgan fingerprint density at radius 1 is 0.660 bits per heavy atom. The summed E-state index contributed by atoms with van der Waals surface area (Å²) < 4.78 is 35.1. The molecule has 3 nitrogen and oxygen atoms in total. The molecule has 3 heterocycles. The summed E-state index contributed by atoms with van der Waals surface area (Å²) in [6.45, 7) is 14.4. The molecule has 0 saturated carbocycles. The lowest BCUT2D eigenvalue weighted by atomic mass is 9.93. The topological polar surface area (TPSA) is 15.7 Å². The van der Waals surface area contributed by atoms with Crippen LogP contribution in [-0.2, 0) is 17.6 Å². The van der Waals surface area contributed by atoms with Crippen LogP contribution < -0.4 is 0 Å². The number of hydrogen-bond acceptors (Lipinski definition) is 5. The molecule has 2 atom stereocenters. The molecule has 7 heteroatoms. The highest BCUT2D eigenvalue weighted by Gasteiger charge is 2.31. The van der Waals surface area contributed by atoms with E-state index in [4.69, 9.17) is 4.74 Å². The van der Waals surface area contributed by atoms with E-state index in [0.717, 1.165) is 65.8 Å². The van der Waals surface area contributed by atoms with Gasteiger partial charge in [0, 0.05) is 64.8 Å². The van der Waals surface area contributed by atoms with Crippen LogP contribution in [0.4, 0.5) is 8.78 Å². The third-order valence-corrected chi connectivity index (χ3v) is 12.4. The van der Waals surface area contributed by atoms with Gasteiger partial charge < -0.3 is 4.74 Å². The minimum Gasteiger partial charge on any atom is -0.372 e. The van der Waals surface area contributed by atoms with Crippen molar-refractivity contribution in [2.24, 2.45) is 0 Å². The van der Waals surface area contributed by atoms with Gasteiger partial charge in [-0.05, 0) is 88.0 Å². The van der Waals surface area contributed by atoms with Gasteiger partial charge in [0.25, 0.3) is 0 Å². The Morgan fingerprint density at radius 2 is 1.21 bits per heavy atom. The third kappa shape index (κ3) is 7.20. The van der Waals surface area contributed by atoms with Gasteiger partial charge in [-0.1, -0.05) is 87.6 Å². The van der Waals surface area contributed by atoms with Crippen molar-refractivity contribution < 1.29 is 13.5 Å². The first-order chi connectivity index (χ1) is 22.7. The first-order valence-electron chi connectivity index (χ1n) is 17.0. The van der Waals surface area contributed by atoms with Gasteiger partial charge in [-0.2, -0.15) is 0 Å². The smallest absolute Gasteiger partial charge is 0.124 e. The van der Waals surface area contributed by atoms with Crippen molar-refractivity contribution in [2.75, 3.05) is 39.3 Å². The molecule has 4 aromatic rings. The van der Waals surface area contributed by atoms with Crippen molar-refractivity contribution in [3.05, 3.63) is 118 Å². The Hall–Kier alpha value is -2.68. The van der Waals surface area contributed by atoms with E-state index in [1.54, 1.807) is 47.8 Å². The molecule has 0 amide bonds. The minimum absolute atomic E-state index is 0.0655. The predicted octanol–water partition coefficient (Wildman–Crippen LogP) is 10.0. The van der Waals surface area contributed by atoms with Gasteiger partial charge in [0.05, 0.1) is 12.7 Å². The Morgan fingerprint density at radius 3 is 1.81 bits per heavy atom. The van der Waals surface area contributed by atoms with Crippen LogP contribution in [-0.4, -0.2) is 49.1 Å². The Labute approximate surface area is 287 Å². The fourth-order valence-corrected chi connectivity index (χ4v) is 9.37. The van der Waals surface area contributed by atoms with Crippen LogP contribution in [0.3, 0.4) is 0 Å².